The molecule has 3 nitrogen and oxygen atoms in total. The molecule has 1 aromatic rings. The zero-order chi connectivity index (χ0) is 12.3. The predicted molar refractivity (Wildman–Crippen MR) is 68.2 cm³/mol. The van der Waals surface area contributed by atoms with Crippen LogP contribution in [0, 0.1) is 0 Å². The number of nitrogens with zero attached hydrogens (tertiary/aromatic N) is 1. The molecule has 3 heteroatoms. The molecule has 1 aromatic carbocycles. The molecule has 2 rings (SSSR count). The molecule has 17 heavy (non-hydrogen) atoms. The third-order valence-electron chi connectivity index (χ3n) is 3.09. The zero-order valence-corrected chi connectivity index (χ0v) is 10.1. The largest absolute Gasteiger partial charge is 0.496 e. The second-order valence-electron chi connectivity index (χ2n) is 4.16. The molecule has 0 saturated carbocycles. The van der Waals surface area contributed by atoms with Crippen molar-refractivity contribution in [3.63, 3.8) is 0 Å². The number of carbonyl (C=O) groups is 1. The Kier molecular flexibility index (Phi) is 3.47. The Morgan fingerprint density at radius 3 is 2.71 bits per heavy atom. The van der Waals surface area contributed by atoms with Gasteiger partial charge in [0.1, 0.15) is 5.75 Å². The Morgan fingerprint density at radius 2 is 2.12 bits per heavy atom. The molecule has 0 radical (unpaired) electrons. The van der Waals surface area contributed by atoms with Gasteiger partial charge >= 0.3 is 0 Å². The van der Waals surface area contributed by atoms with Crippen LogP contribution in [0.25, 0.3) is 6.08 Å². The lowest BCUT2D eigenvalue weighted by Crippen LogP contribution is -2.27. The second kappa shape index (κ2) is 5.04. The third kappa shape index (κ3) is 2.33. The summed E-state index contributed by atoms with van der Waals surface area (Å²) in [5, 5.41) is 0. The molecule has 1 saturated heterocycles. The molecule has 0 N–H and O–H groups in total. The lowest BCUT2D eigenvalue weighted by molar-refractivity contribution is 0.0793. The molecule has 0 spiro atoms. The topological polar surface area (TPSA) is 29.5 Å². The molecule has 1 fully saturated rings. The molecule has 1 heterocycles. The second-order valence-corrected chi connectivity index (χ2v) is 4.16. The molecule has 1 aliphatic rings. The highest BCUT2D eigenvalue weighted by atomic mass is 16.5. The van der Waals surface area contributed by atoms with Crippen molar-refractivity contribution in [3.05, 3.63) is 35.9 Å². The van der Waals surface area contributed by atoms with Gasteiger partial charge in [0.2, 0.25) is 0 Å². The molecule has 0 atom stereocenters. The van der Waals surface area contributed by atoms with Crippen LogP contribution >= 0.6 is 0 Å². The van der Waals surface area contributed by atoms with Crippen LogP contribution < -0.4 is 4.74 Å². The van der Waals surface area contributed by atoms with Crippen molar-refractivity contribution in [1.29, 1.82) is 0 Å². The van der Waals surface area contributed by atoms with Crippen LogP contribution in [0.1, 0.15) is 28.8 Å². The van der Waals surface area contributed by atoms with Crippen LogP contribution in [0.2, 0.25) is 0 Å². The van der Waals surface area contributed by atoms with Crippen molar-refractivity contribution >= 4 is 12.0 Å². The number of hydrogen-bond acceptors (Lipinski definition) is 2. The molecule has 1 amide bonds. The summed E-state index contributed by atoms with van der Waals surface area (Å²) in [7, 11) is 1.62. The predicted octanol–water partition coefficient (Wildman–Crippen LogP) is 2.57. The standard InChI is InChI=1S/C14H17NO2/c1-3-11-10-12(6-7-13(11)17-2)14(16)15-8-4-5-9-15/h3,6-7,10H,1,4-5,8-9H2,2H3. The average molecular weight is 231 g/mol. The fourth-order valence-corrected chi connectivity index (χ4v) is 2.13. The van der Waals surface area contributed by atoms with Gasteiger partial charge in [-0.25, -0.2) is 0 Å². The van der Waals surface area contributed by atoms with Gasteiger partial charge in [-0.1, -0.05) is 12.7 Å². The fraction of sp³-hybridized carbons (Fsp3) is 0.357. The first-order valence-corrected chi connectivity index (χ1v) is 5.86. The normalized spacial score (nSPS) is 14.8. The van der Waals surface area contributed by atoms with Gasteiger partial charge in [-0.15, -0.1) is 0 Å². The number of likely N-dealkylation sites (tertiary alicyclic amines) is 1. The lowest BCUT2D eigenvalue weighted by Gasteiger charge is -2.16. The Labute approximate surface area is 102 Å². The fourth-order valence-electron chi connectivity index (χ4n) is 2.13. The summed E-state index contributed by atoms with van der Waals surface area (Å²) < 4.78 is 5.20. The Hall–Kier alpha value is -1.77. The van der Waals surface area contributed by atoms with Gasteiger partial charge < -0.3 is 9.64 Å². The van der Waals surface area contributed by atoms with E-state index in [2.05, 4.69) is 6.58 Å². The van der Waals surface area contributed by atoms with Gasteiger partial charge in [-0.3, -0.25) is 4.79 Å². The summed E-state index contributed by atoms with van der Waals surface area (Å²) in [6.07, 6.45) is 3.92. The number of hydrogen-bond donors (Lipinski definition) is 0. The maximum atomic E-state index is 12.2. The maximum Gasteiger partial charge on any atom is 0.253 e. The van der Waals surface area contributed by atoms with Crippen LogP contribution in [0.3, 0.4) is 0 Å². The summed E-state index contributed by atoms with van der Waals surface area (Å²) in [6.45, 7) is 5.47. The molecule has 0 aliphatic carbocycles. The third-order valence-corrected chi connectivity index (χ3v) is 3.09. The summed E-state index contributed by atoms with van der Waals surface area (Å²) in [6, 6.07) is 5.47. The average Bonchev–Trinajstić information content (AvgIpc) is 2.90. The number of carbonyl (C=O) groups excluding carboxylic acids is 1. The molecule has 0 unspecified atom stereocenters. The van der Waals surface area contributed by atoms with Gasteiger partial charge in [-0.2, -0.15) is 0 Å². The molecule has 90 valence electrons. The van der Waals surface area contributed by atoms with Gasteiger partial charge in [0.15, 0.2) is 0 Å². The van der Waals surface area contributed by atoms with Crippen molar-refractivity contribution < 1.29 is 9.53 Å². The number of amides is 1. The summed E-state index contributed by atoms with van der Waals surface area (Å²) >= 11 is 0. The summed E-state index contributed by atoms with van der Waals surface area (Å²) in [4.78, 5) is 14.1. The van der Waals surface area contributed by atoms with E-state index in [0.29, 0.717) is 5.56 Å². The Morgan fingerprint density at radius 1 is 1.41 bits per heavy atom. The minimum Gasteiger partial charge on any atom is -0.496 e. The van der Waals surface area contributed by atoms with E-state index in [9.17, 15) is 4.79 Å². The summed E-state index contributed by atoms with van der Waals surface area (Å²) in [5.74, 6) is 0.853. The minimum atomic E-state index is 0.105. The molecular weight excluding hydrogens is 214 g/mol. The molecule has 1 aliphatic heterocycles. The monoisotopic (exact) mass is 231 g/mol. The van der Waals surface area contributed by atoms with Crippen LogP contribution in [-0.2, 0) is 0 Å². The van der Waals surface area contributed by atoms with Crippen LogP contribution in [-0.4, -0.2) is 31.0 Å². The van der Waals surface area contributed by atoms with Crippen molar-refractivity contribution in [2.45, 2.75) is 12.8 Å². The quantitative estimate of drug-likeness (QED) is 0.800. The lowest BCUT2D eigenvalue weighted by atomic mass is 10.1. The maximum absolute atomic E-state index is 12.2. The van der Waals surface area contributed by atoms with Crippen molar-refractivity contribution in [1.82, 2.24) is 4.90 Å². The van der Waals surface area contributed by atoms with Crippen LogP contribution in [0.15, 0.2) is 24.8 Å². The zero-order valence-electron chi connectivity index (χ0n) is 10.1. The van der Waals surface area contributed by atoms with Gasteiger partial charge in [0, 0.05) is 24.2 Å². The highest BCUT2D eigenvalue weighted by molar-refractivity contribution is 5.95. The number of rotatable bonds is 3. The van der Waals surface area contributed by atoms with E-state index >= 15 is 0 Å². The van der Waals surface area contributed by atoms with Crippen molar-refractivity contribution in [3.8, 4) is 5.75 Å². The van der Waals surface area contributed by atoms with E-state index in [1.165, 1.54) is 0 Å². The molecular formula is C14H17NO2. The highest BCUT2D eigenvalue weighted by Crippen LogP contribution is 2.22. The molecule has 0 aromatic heterocycles. The van der Waals surface area contributed by atoms with E-state index in [1.54, 1.807) is 13.2 Å². The van der Waals surface area contributed by atoms with Crippen molar-refractivity contribution in [2.24, 2.45) is 0 Å². The van der Waals surface area contributed by atoms with Crippen LogP contribution in [0.4, 0.5) is 0 Å². The first-order valence-electron chi connectivity index (χ1n) is 5.86. The first-order chi connectivity index (χ1) is 8.26. The smallest absolute Gasteiger partial charge is 0.253 e. The summed E-state index contributed by atoms with van der Waals surface area (Å²) in [5.41, 5.74) is 1.57. The highest BCUT2D eigenvalue weighted by Gasteiger charge is 2.19. The van der Waals surface area contributed by atoms with Gasteiger partial charge in [0.25, 0.3) is 5.91 Å². The number of methoxy groups -OCH3 is 1. The van der Waals surface area contributed by atoms with Crippen LogP contribution in [0.5, 0.6) is 5.75 Å². The van der Waals surface area contributed by atoms with Gasteiger partial charge in [0.05, 0.1) is 7.11 Å². The molecule has 0 bridgehead atoms. The number of benzene rings is 1. The first kappa shape index (κ1) is 11.7. The van der Waals surface area contributed by atoms with E-state index < -0.39 is 0 Å². The van der Waals surface area contributed by atoms with E-state index in [1.807, 2.05) is 23.1 Å². The van der Waals surface area contributed by atoms with E-state index in [-0.39, 0.29) is 5.91 Å². The Balaban J connectivity index is 2.26. The van der Waals surface area contributed by atoms with E-state index in [0.717, 1.165) is 37.2 Å². The van der Waals surface area contributed by atoms with Crippen molar-refractivity contribution in [2.75, 3.05) is 20.2 Å². The minimum absolute atomic E-state index is 0.105. The van der Waals surface area contributed by atoms with Gasteiger partial charge in [-0.05, 0) is 31.0 Å². The Bertz CT molecular complexity index is 434. The SMILES string of the molecule is C=Cc1cc(C(=O)N2CCCC2)ccc1OC. The van der Waals surface area contributed by atoms with E-state index in [4.69, 9.17) is 4.74 Å². The number of ether oxygens (including phenoxy) is 1.